The molecule has 1 N–H and O–H groups in total. The second-order valence-corrected chi connectivity index (χ2v) is 10.4. The standard InChI is InChI=1S/C30H33F3N6O/c31-30(32,33)24-9-5-22(6-10-24)8-12-29(40)39(26-14-17-38(18-15-26)25-3-1-2-4-25)20-23-7-11-27(35-19-23)37-28-13-16-34-21-36-28/h5-13,16,19,21,25-26H,1-4,14-15,17-18,20H2,(H,34,35,36,37)/b12-8+. The number of amides is 1. The topological polar surface area (TPSA) is 74.2 Å². The maximum absolute atomic E-state index is 13.5. The average Bonchev–Trinajstić information content (AvgIpc) is 3.51. The Balaban J connectivity index is 1.28. The van der Waals surface area contributed by atoms with Crippen LogP contribution >= 0.6 is 0 Å². The summed E-state index contributed by atoms with van der Waals surface area (Å²) in [5.74, 6) is 1.10. The van der Waals surface area contributed by atoms with Crippen LogP contribution in [-0.2, 0) is 17.5 Å². The highest BCUT2D eigenvalue weighted by atomic mass is 19.4. The van der Waals surface area contributed by atoms with E-state index in [9.17, 15) is 18.0 Å². The Bertz CT molecular complexity index is 1270. The number of pyridine rings is 1. The van der Waals surface area contributed by atoms with E-state index in [1.807, 2.05) is 17.0 Å². The molecule has 1 aromatic carbocycles. The number of rotatable bonds is 8. The molecule has 40 heavy (non-hydrogen) atoms. The quantitative estimate of drug-likeness (QED) is 0.343. The van der Waals surface area contributed by atoms with Gasteiger partial charge < -0.3 is 15.1 Å². The van der Waals surface area contributed by atoms with Crippen molar-refractivity contribution in [2.45, 2.75) is 63.3 Å². The largest absolute Gasteiger partial charge is 0.416 e. The van der Waals surface area contributed by atoms with Gasteiger partial charge in [0.1, 0.15) is 18.0 Å². The molecule has 3 aromatic rings. The number of benzene rings is 1. The van der Waals surface area contributed by atoms with Crippen LogP contribution in [0.15, 0.2) is 67.3 Å². The summed E-state index contributed by atoms with van der Waals surface area (Å²) in [7, 11) is 0. The first-order valence-corrected chi connectivity index (χ1v) is 13.7. The van der Waals surface area contributed by atoms with E-state index >= 15 is 0 Å². The van der Waals surface area contributed by atoms with Crippen molar-refractivity contribution in [2.75, 3.05) is 18.4 Å². The highest BCUT2D eigenvalue weighted by Crippen LogP contribution is 2.30. The third kappa shape index (κ3) is 7.24. The molecule has 0 bridgehead atoms. The lowest BCUT2D eigenvalue weighted by Gasteiger charge is -2.40. The molecule has 3 heterocycles. The SMILES string of the molecule is O=C(/C=C/c1ccc(C(F)(F)F)cc1)N(Cc1ccc(Nc2ccncn2)nc1)C1CCN(C2CCCC2)CC1. The number of halogens is 3. The van der Waals surface area contributed by atoms with Gasteiger partial charge in [0.05, 0.1) is 5.56 Å². The molecule has 5 rings (SSSR count). The van der Waals surface area contributed by atoms with Crippen LogP contribution in [0.3, 0.4) is 0 Å². The van der Waals surface area contributed by atoms with Crippen LogP contribution in [0.5, 0.6) is 0 Å². The Hall–Kier alpha value is -3.79. The number of carbonyl (C=O) groups is 1. The van der Waals surface area contributed by atoms with Crippen molar-refractivity contribution in [1.82, 2.24) is 24.8 Å². The maximum atomic E-state index is 13.5. The zero-order valence-electron chi connectivity index (χ0n) is 22.2. The number of nitrogens with zero attached hydrogens (tertiary/aromatic N) is 5. The molecule has 0 unspecified atom stereocenters. The Kier molecular flexibility index (Phi) is 8.74. The summed E-state index contributed by atoms with van der Waals surface area (Å²) in [5.41, 5.74) is 0.721. The summed E-state index contributed by atoms with van der Waals surface area (Å²) in [5, 5.41) is 3.12. The molecule has 1 saturated carbocycles. The summed E-state index contributed by atoms with van der Waals surface area (Å²) in [6, 6.07) is 11.1. The first kappa shape index (κ1) is 27.8. The van der Waals surface area contributed by atoms with Gasteiger partial charge in [-0.15, -0.1) is 0 Å². The van der Waals surface area contributed by atoms with Crippen molar-refractivity contribution in [3.8, 4) is 0 Å². The Labute approximate surface area is 232 Å². The third-order valence-corrected chi connectivity index (χ3v) is 7.74. The highest BCUT2D eigenvalue weighted by Gasteiger charge is 2.32. The van der Waals surface area contributed by atoms with Crippen molar-refractivity contribution >= 4 is 23.6 Å². The number of carbonyl (C=O) groups excluding carboxylic acids is 1. The van der Waals surface area contributed by atoms with Crippen molar-refractivity contribution in [3.63, 3.8) is 0 Å². The number of hydrogen-bond donors (Lipinski definition) is 1. The lowest BCUT2D eigenvalue weighted by Crippen LogP contribution is -2.48. The van der Waals surface area contributed by atoms with Gasteiger partial charge in [-0.2, -0.15) is 13.2 Å². The predicted octanol–water partition coefficient (Wildman–Crippen LogP) is 6.08. The van der Waals surface area contributed by atoms with Crippen LogP contribution in [-0.4, -0.2) is 55.8 Å². The summed E-state index contributed by atoms with van der Waals surface area (Å²) in [6.07, 6.45) is 10.4. The van der Waals surface area contributed by atoms with Crippen LogP contribution in [0, 0.1) is 0 Å². The van der Waals surface area contributed by atoms with Gasteiger partial charge in [-0.25, -0.2) is 15.0 Å². The molecule has 2 aliphatic rings. The Morgan fingerprint density at radius 3 is 2.33 bits per heavy atom. The lowest BCUT2D eigenvalue weighted by atomic mass is 10.00. The van der Waals surface area contributed by atoms with Crippen LogP contribution in [0.25, 0.3) is 6.08 Å². The van der Waals surface area contributed by atoms with E-state index < -0.39 is 11.7 Å². The highest BCUT2D eigenvalue weighted by molar-refractivity contribution is 5.92. The molecule has 1 amide bonds. The van der Waals surface area contributed by atoms with Gasteiger partial charge in [0.15, 0.2) is 0 Å². The molecule has 10 heteroatoms. The van der Waals surface area contributed by atoms with Gasteiger partial charge in [-0.05, 0) is 67.2 Å². The van der Waals surface area contributed by atoms with E-state index in [4.69, 9.17) is 0 Å². The second-order valence-electron chi connectivity index (χ2n) is 10.4. The van der Waals surface area contributed by atoms with E-state index in [0.29, 0.717) is 29.8 Å². The summed E-state index contributed by atoms with van der Waals surface area (Å²) in [6.45, 7) is 2.31. The van der Waals surface area contributed by atoms with Crippen LogP contribution in [0.1, 0.15) is 55.2 Å². The van der Waals surface area contributed by atoms with E-state index in [2.05, 4.69) is 25.2 Å². The molecule has 1 aliphatic carbocycles. The molecule has 0 radical (unpaired) electrons. The monoisotopic (exact) mass is 550 g/mol. The Morgan fingerprint density at radius 2 is 1.70 bits per heavy atom. The maximum Gasteiger partial charge on any atom is 0.416 e. The van der Waals surface area contributed by atoms with E-state index in [1.54, 1.807) is 24.5 Å². The summed E-state index contributed by atoms with van der Waals surface area (Å²) < 4.78 is 38.7. The molecule has 1 saturated heterocycles. The molecular formula is C30H33F3N6O. The third-order valence-electron chi connectivity index (χ3n) is 7.74. The van der Waals surface area contributed by atoms with Gasteiger partial charge >= 0.3 is 6.18 Å². The molecule has 0 spiro atoms. The van der Waals surface area contributed by atoms with E-state index in [0.717, 1.165) is 43.6 Å². The second kappa shape index (κ2) is 12.6. The summed E-state index contributed by atoms with van der Waals surface area (Å²) in [4.78, 5) is 30.5. The zero-order chi connectivity index (χ0) is 28.0. The zero-order valence-corrected chi connectivity index (χ0v) is 22.2. The van der Waals surface area contributed by atoms with Gasteiger partial charge in [0.25, 0.3) is 0 Å². The fraction of sp³-hybridized carbons (Fsp3) is 0.400. The van der Waals surface area contributed by atoms with Crippen LogP contribution < -0.4 is 5.32 Å². The number of aromatic nitrogens is 3. The first-order chi connectivity index (χ1) is 19.3. The van der Waals surface area contributed by atoms with Crippen molar-refractivity contribution in [1.29, 1.82) is 0 Å². The smallest absolute Gasteiger partial charge is 0.332 e. The van der Waals surface area contributed by atoms with Gasteiger partial charge in [0, 0.05) is 50.2 Å². The number of likely N-dealkylation sites (tertiary alicyclic amines) is 1. The molecule has 210 valence electrons. The van der Waals surface area contributed by atoms with Gasteiger partial charge in [-0.1, -0.05) is 31.0 Å². The van der Waals surface area contributed by atoms with E-state index in [-0.39, 0.29) is 11.9 Å². The fourth-order valence-electron chi connectivity index (χ4n) is 5.55. The minimum Gasteiger partial charge on any atom is -0.332 e. The molecule has 2 fully saturated rings. The van der Waals surface area contributed by atoms with Crippen molar-refractivity contribution in [2.24, 2.45) is 0 Å². The molecule has 7 nitrogen and oxygen atoms in total. The summed E-state index contributed by atoms with van der Waals surface area (Å²) >= 11 is 0. The fourth-order valence-corrected chi connectivity index (χ4v) is 5.55. The number of hydrogen-bond acceptors (Lipinski definition) is 6. The molecular weight excluding hydrogens is 517 g/mol. The minimum absolute atomic E-state index is 0.0706. The number of piperidine rings is 1. The van der Waals surface area contributed by atoms with Crippen LogP contribution in [0.2, 0.25) is 0 Å². The van der Waals surface area contributed by atoms with Gasteiger partial charge in [-0.3, -0.25) is 4.79 Å². The molecule has 2 aromatic heterocycles. The molecule has 0 atom stereocenters. The number of alkyl halides is 3. The van der Waals surface area contributed by atoms with Crippen molar-refractivity contribution in [3.05, 3.63) is 84.0 Å². The average molecular weight is 551 g/mol. The van der Waals surface area contributed by atoms with E-state index in [1.165, 1.54) is 50.2 Å². The van der Waals surface area contributed by atoms with Gasteiger partial charge in [0.2, 0.25) is 5.91 Å². The minimum atomic E-state index is -4.39. The molecule has 1 aliphatic heterocycles. The van der Waals surface area contributed by atoms with Crippen molar-refractivity contribution < 1.29 is 18.0 Å². The van der Waals surface area contributed by atoms with Crippen LogP contribution in [0.4, 0.5) is 24.8 Å². The predicted molar refractivity (Wildman–Crippen MR) is 147 cm³/mol. The normalized spacial score (nSPS) is 17.4. The number of anilines is 2. The lowest BCUT2D eigenvalue weighted by molar-refractivity contribution is -0.137. The number of nitrogens with one attached hydrogen (secondary N) is 1. The Morgan fingerprint density at radius 1 is 0.975 bits per heavy atom. The first-order valence-electron chi connectivity index (χ1n) is 13.7.